The molecule has 0 atom stereocenters. The van der Waals surface area contributed by atoms with Crippen LogP contribution >= 0.6 is 0 Å². The topological polar surface area (TPSA) is 83.6 Å². The van der Waals surface area contributed by atoms with E-state index in [4.69, 9.17) is 15.2 Å². The molecule has 1 heterocycles. The van der Waals surface area contributed by atoms with E-state index in [0.717, 1.165) is 27.9 Å². The van der Waals surface area contributed by atoms with Gasteiger partial charge in [-0.15, -0.1) is 0 Å². The molecule has 3 rings (SSSR count). The predicted molar refractivity (Wildman–Crippen MR) is 116 cm³/mol. The summed E-state index contributed by atoms with van der Waals surface area (Å²) in [6, 6.07) is 16.0. The molecule has 0 aliphatic heterocycles. The number of nitrogens with zero attached hydrogens (tertiary/aromatic N) is 1. The van der Waals surface area contributed by atoms with Crippen LogP contribution < -0.4 is 10.5 Å². The number of esters is 1. The van der Waals surface area contributed by atoms with Gasteiger partial charge in [0, 0.05) is 30.1 Å². The fourth-order valence-electron chi connectivity index (χ4n) is 3.63. The zero-order valence-electron chi connectivity index (χ0n) is 17.5. The number of aromatic nitrogens is 1. The molecule has 0 saturated carbocycles. The number of carbonyl (C=O) groups excluding carboxylic acids is 2. The number of benzene rings is 2. The molecule has 0 unspecified atom stereocenters. The molecule has 1 aromatic heterocycles. The van der Waals surface area contributed by atoms with Crippen LogP contribution in [-0.2, 0) is 27.3 Å². The number of nitrogens with two attached hydrogens (primary N) is 1. The van der Waals surface area contributed by atoms with Gasteiger partial charge in [-0.05, 0) is 43.5 Å². The van der Waals surface area contributed by atoms with E-state index >= 15 is 0 Å². The third kappa shape index (κ3) is 5.20. The molecule has 2 N–H and O–H groups in total. The Kier molecular flexibility index (Phi) is 7.12. The number of carbonyl (C=O) groups is 2. The number of ether oxygens (including phenoxy) is 2. The summed E-state index contributed by atoms with van der Waals surface area (Å²) >= 11 is 0. The van der Waals surface area contributed by atoms with E-state index in [1.807, 2.05) is 43.3 Å². The van der Waals surface area contributed by atoms with Gasteiger partial charge in [0.05, 0.1) is 25.2 Å². The minimum atomic E-state index is -0.351. The van der Waals surface area contributed by atoms with Crippen molar-refractivity contribution in [2.45, 2.75) is 39.7 Å². The maximum atomic E-state index is 11.6. The van der Waals surface area contributed by atoms with Crippen molar-refractivity contribution in [1.82, 2.24) is 4.57 Å². The van der Waals surface area contributed by atoms with Crippen LogP contribution in [0.2, 0.25) is 0 Å². The number of primary amides is 1. The second kappa shape index (κ2) is 9.96. The second-order valence-electron chi connectivity index (χ2n) is 7.21. The molecule has 6 nitrogen and oxygen atoms in total. The van der Waals surface area contributed by atoms with Crippen molar-refractivity contribution in [3.63, 3.8) is 0 Å². The van der Waals surface area contributed by atoms with Crippen LogP contribution in [0.25, 0.3) is 10.9 Å². The van der Waals surface area contributed by atoms with Crippen LogP contribution in [0.5, 0.6) is 5.75 Å². The fraction of sp³-hybridized carbons (Fsp3) is 0.333. The first-order valence-corrected chi connectivity index (χ1v) is 10.2. The van der Waals surface area contributed by atoms with Gasteiger partial charge in [-0.2, -0.15) is 0 Å². The lowest BCUT2D eigenvalue weighted by molar-refractivity contribution is -0.143. The summed E-state index contributed by atoms with van der Waals surface area (Å²) in [7, 11) is 0. The Morgan fingerprint density at radius 2 is 1.87 bits per heavy atom. The van der Waals surface area contributed by atoms with Gasteiger partial charge in [-0.1, -0.05) is 30.3 Å². The Balaban J connectivity index is 1.85. The zero-order chi connectivity index (χ0) is 21.5. The van der Waals surface area contributed by atoms with Crippen LogP contribution in [-0.4, -0.2) is 29.7 Å². The van der Waals surface area contributed by atoms with Crippen molar-refractivity contribution in [1.29, 1.82) is 0 Å². The normalized spacial score (nSPS) is 10.9. The molecular weight excluding hydrogens is 380 g/mol. The predicted octanol–water partition coefficient (Wildman–Crippen LogP) is 3.75. The summed E-state index contributed by atoms with van der Waals surface area (Å²) in [4.78, 5) is 23.1. The van der Waals surface area contributed by atoms with E-state index in [1.165, 1.54) is 5.56 Å². The first-order chi connectivity index (χ1) is 14.5. The second-order valence-corrected chi connectivity index (χ2v) is 7.21. The number of hydrogen-bond acceptors (Lipinski definition) is 4. The van der Waals surface area contributed by atoms with Crippen LogP contribution in [0.3, 0.4) is 0 Å². The highest BCUT2D eigenvalue weighted by molar-refractivity contribution is 5.91. The molecule has 30 heavy (non-hydrogen) atoms. The molecule has 158 valence electrons. The number of hydrogen-bond donors (Lipinski definition) is 1. The van der Waals surface area contributed by atoms with Gasteiger partial charge in [-0.3, -0.25) is 9.59 Å². The first-order valence-electron chi connectivity index (χ1n) is 10.2. The van der Waals surface area contributed by atoms with E-state index < -0.39 is 0 Å². The molecule has 0 radical (unpaired) electrons. The van der Waals surface area contributed by atoms with Crippen molar-refractivity contribution in [2.24, 2.45) is 5.73 Å². The molecule has 0 aliphatic carbocycles. The molecule has 0 saturated heterocycles. The first kappa shape index (κ1) is 21.4. The lowest BCUT2D eigenvalue weighted by Crippen LogP contribution is -2.14. The largest absolute Gasteiger partial charge is 0.494 e. The van der Waals surface area contributed by atoms with Crippen LogP contribution in [0.4, 0.5) is 0 Å². The Bertz CT molecular complexity index is 1020. The highest BCUT2D eigenvalue weighted by Crippen LogP contribution is 2.30. The minimum absolute atomic E-state index is 0.198. The number of rotatable bonds is 10. The van der Waals surface area contributed by atoms with Gasteiger partial charge in [0.25, 0.3) is 0 Å². The highest BCUT2D eigenvalue weighted by Gasteiger charge is 2.17. The van der Waals surface area contributed by atoms with Gasteiger partial charge in [0.15, 0.2) is 0 Å². The van der Waals surface area contributed by atoms with Crippen LogP contribution in [0.1, 0.15) is 36.6 Å². The van der Waals surface area contributed by atoms with Gasteiger partial charge >= 0.3 is 5.97 Å². The molecule has 6 heteroatoms. The summed E-state index contributed by atoms with van der Waals surface area (Å²) < 4.78 is 13.0. The van der Waals surface area contributed by atoms with E-state index in [2.05, 4.69) is 16.7 Å². The molecule has 1 amide bonds. The molecule has 0 fully saturated rings. The summed E-state index contributed by atoms with van der Waals surface area (Å²) in [5.74, 6) is 0.167. The van der Waals surface area contributed by atoms with E-state index in [0.29, 0.717) is 32.6 Å². The monoisotopic (exact) mass is 408 g/mol. The lowest BCUT2D eigenvalue weighted by Gasteiger charge is -2.10. The Morgan fingerprint density at radius 1 is 1.10 bits per heavy atom. The van der Waals surface area contributed by atoms with E-state index in [-0.39, 0.29) is 18.3 Å². The number of fused-ring (bicyclic) bond motifs is 1. The summed E-state index contributed by atoms with van der Waals surface area (Å²) in [5.41, 5.74) is 9.63. The Hall–Kier alpha value is -3.28. The zero-order valence-corrected chi connectivity index (χ0v) is 17.5. The maximum Gasteiger partial charge on any atom is 0.305 e. The molecule has 0 bridgehead atoms. The minimum Gasteiger partial charge on any atom is -0.494 e. The van der Waals surface area contributed by atoms with Gasteiger partial charge in [-0.25, -0.2) is 0 Å². The van der Waals surface area contributed by atoms with Crippen molar-refractivity contribution in [3.8, 4) is 5.75 Å². The summed E-state index contributed by atoms with van der Waals surface area (Å²) in [5, 5.41) is 1.00. The standard InChI is InChI=1S/C24H28N2O4/c1-3-29-24(28)10-7-13-30-19-11-12-20-21(15-23(25)27)17(2)26(22(20)14-19)16-18-8-5-4-6-9-18/h4-6,8-9,11-12,14H,3,7,10,13,15-16H2,1-2H3,(H2,25,27). The van der Waals surface area contributed by atoms with E-state index in [9.17, 15) is 9.59 Å². The maximum absolute atomic E-state index is 11.6. The van der Waals surface area contributed by atoms with Crippen molar-refractivity contribution in [2.75, 3.05) is 13.2 Å². The van der Waals surface area contributed by atoms with Crippen LogP contribution in [0, 0.1) is 6.92 Å². The van der Waals surface area contributed by atoms with Crippen molar-refractivity contribution < 1.29 is 19.1 Å². The Morgan fingerprint density at radius 3 is 2.57 bits per heavy atom. The summed E-state index contributed by atoms with van der Waals surface area (Å²) in [6.07, 6.45) is 1.13. The van der Waals surface area contributed by atoms with Gasteiger partial charge < -0.3 is 19.8 Å². The smallest absolute Gasteiger partial charge is 0.305 e. The highest BCUT2D eigenvalue weighted by atomic mass is 16.5. The lowest BCUT2D eigenvalue weighted by atomic mass is 10.1. The third-order valence-corrected chi connectivity index (χ3v) is 5.06. The molecule has 0 spiro atoms. The van der Waals surface area contributed by atoms with E-state index in [1.54, 1.807) is 6.92 Å². The summed E-state index contributed by atoms with van der Waals surface area (Å²) in [6.45, 7) is 5.32. The molecule has 2 aromatic carbocycles. The van der Waals surface area contributed by atoms with Crippen LogP contribution in [0.15, 0.2) is 48.5 Å². The quantitative estimate of drug-likeness (QED) is 0.409. The van der Waals surface area contributed by atoms with Crippen molar-refractivity contribution in [3.05, 3.63) is 65.4 Å². The SMILES string of the molecule is CCOC(=O)CCCOc1ccc2c(CC(N)=O)c(C)n(Cc3ccccc3)c2c1. The average molecular weight is 408 g/mol. The molecular formula is C24H28N2O4. The third-order valence-electron chi connectivity index (χ3n) is 5.06. The molecule has 0 aliphatic rings. The van der Waals surface area contributed by atoms with Gasteiger partial charge in [0.1, 0.15) is 5.75 Å². The van der Waals surface area contributed by atoms with Crippen molar-refractivity contribution >= 4 is 22.8 Å². The average Bonchev–Trinajstić information content (AvgIpc) is 2.97. The molecule has 3 aromatic rings. The Labute approximate surface area is 176 Å². The van der Waals surface area contributed by atoms with Gasteiger partial charge in [0.2, 0.25) is 5.91 Å². The number of amides is 1. The fourth-order valence-corrected chi connectivity index (χ4v) is 3.63.